The summed E-state index contributed by atoms with van der Waals surface area (Å²) in [6.45, 7) is 6.18. The first-order valence-corrected chi connectivity index (χ1v) is 7.17. The number of nitrogens with two attached hydrogens (primary N) is 1. The first-order chi connectivity index (χ1) is 10.5. The lowest BCUT2D eigenvalue weighted by Crippen LogP contribution is -2.23. The standard InChI is InChI=1S/C16H21N5O/c1-10(2)12-5-4-6-14(7-12)21-16(17)19-9-13-8-18-11(3)20-15(13)22/h4-8,10H,9H2,1-3H3,(H3,17,19,21)(H,18,20,22). The summed E-state index contributed by atoms with van der Waals surface area (Å²) in [5.74, 6) is 1.28. The highest BCUT2D eigenvalue weighted by Gasteiger charge is 2.03. The lowest BCUT2D eigenvalue weighted by molar-refractivity contribution is 0.867. The van der Waals surface area contributed by atoms with E-state index in [0.29, 0.717) is 17.3 Å². The number of nitrogens with one attached hydrogen (secondary N) is 2. The Morgan fingerprint density at radius 2 is 2.23 bits per heavy atom. The zero-order valence-corrected chi connectivity index (χ0v) is 13.1. The predicted octanol–water partition coefficient (Wildman–Crippen LogP) is 2.13. The van der Waals surface area contributed by atoms with Crippen LogP contribution in [0.15, 0.2) is 40.2 Å². The van der Waals surface area contributed by atoms with E-state index in [4.69, 9.17) is 5.73 Å². The summed E-state index contributed by atoms with van der Waals surface area (Å²) in [7, 11) is 0. The normalized spacial score (nSPS) is 11.7. The number of hydrogen-bond donors (Lipinski definition) is 3. The van der Waals surface area contributed by atoms with E-state index >= 15 is 0 Å². The van der Waals surface area contributed by atoms with Gasteiger partial charge in [0.05, 0.1) is 12.1 Å². The fourth-order valence-electron chi connectivity index (χ4n) is 1.96. The molecule has 0 aliphatic heterocycles. The maximum atomic E-state index is 11.7. The Morgan fingerprint density at radius 3 is 2.91 bits per heavy atom. The lowest BCUT2D eigenvalue weighted by atomic mass is 10.0. The maximum Gasteiger partial charge on any atom is 0.255 e. The molecule has 0 aliphatic carbocycles. The SMILES string of the molecule is Cc1ncc(CN=C(N)Nc2cccc(C(C)C)c2)c(=O)[nH]1. The van der Waals surface area contributed by atoms with Gasteiger partial charge in [0.15, 0.2) is 5.96 Å². The van der Waals surface area contributed by atoms with Crippen LogP contribution in [0.2, 0.25) is 0 Å². The number of H-pyrrole nitrogens is 1. The Hall–Kier alpha value is -2.63. The maximum absolute atomic E-state index is 11.7. The Morgan fingerprint density at radius 1 is 1.45 bits per heavy atom. The van der Waals surface area contributed by atoms with Crippen LogP contribution < -0.4 is 16.6 Å². The van der Waals surface area contributed by atoms with Crippen molar-refractivity contribution in [2.45, 2.75) is 33.2 Å². The number of rotatable bonds is 4. The van der Waals surface area contributed by atoms with E-state index in [1.54, 1.807) is 6.92 Å². The quantitative estimate of drug-likeness (QED) is 0.595. The van der Waals surface area contributed by atoms with Crippen LogP contribution in [0.5, 0.6) is 0 Å². The zero-order valence-electron chi connectivity index (χ0n) is 13.1. The van der Waals surface area contributed by atoms with Gasteiger partial charge in [0.25, 0.3) is 5.56 Å². The Kier molecular flexibility index (Phi) is 4.93. The number of aryl methyl sites for hydroxylation is 1. The van der Waals surface area contributed by atoms with Crippen LogP contribution in [0.25, 0.3) is 0 Å². The minimum Gasteiger partial charge on any atom is -0.370 e. The van der Waals surface area contributed by atoms with Crippen molar-refractivity contribution in [1.29, 1.82) is 0 Å². The molecule has 0 aliphatic rings. The fourth-order valence-corrected chi connectivity index (χ4v) is 1.96. The van der Waals surface area contributed by atoms with E-state index in [1.807, 2.05) is 18.2 Å². The van der Waals surface area contributed by atoms with Gasteiger partial charge in [0.1, 0.15) is 5.82 Å². The van der Waals surface area contributed by atoms with Crippen molar-refractivity contribution in [3.05, 3.63) is 57.8 Å². The Bertz CT molecular complexity index is 733. The van der Waals surface area contributed by atoms with E-state index in [2.05, 4.69) is 40.2 Å². The van der Waals surface area contributed by atoms with Crippen LogP contribution in [-0.2, 0) is 6.54 Å². The van der Waals surface area contributed by atoms with Crippen molar-refractivity contribution in [1.82, 2.24) is 9.97 Å². The van der Waals surface area contributed by atoms with Gasteiger partial charge in [-0.1, -0.05) is 26.0 Å². The third-order valence-corrected chi connectivity index (χ3v) is 3.25. The molecular formula is C16H21N5O. The molecule has 6 heteroatoms. The second-order valence-electron chi connectivity index (χ2n) is 5.43. The average Bonchev–Trinajstić information content (AvgIpc) is 2.46. The Balaban J connectivity index is 2.07. The molecular weight excluding hydrogens is 278 g/mol. The lowest BCUT2D eigenvalue weighted by Gasteiger charge is -2.09. The second-order valence-corrected chi connectivity index (χ2v) is 5.43. The van der Waals surface area contributed by atoms with Gasteiger partial charge in [-0.3, -0.25) is 4.79 Å². The number of aliphatic imine (C=N–C) groups is 1. The van der Waals surface area contributed by atoms with Crippen LogP contribution in [-0.4, -0.2) is 15.9 Å². The molecule has 1 aromatic heterocycles. The summed E-state index contributed by atoms with van der Waals surface area (Å²) >= 11 is 0. The summed E-state index contributed by atoms with van der Waals surface area (Å²) in [5.41, 5.74) is 8.25. The molecule has 0 amide bonds. The molecule has 0 fully saturated rings. The molecule has 2 aromatic rings. The van der Waals surface area contributed by atoms with Gasteiger partial charge in [-0.15, -0.1) is 0 Å². The first-order valence-electron chi connectivity index (χ1n) is 7.17. The van der Waals surface area contributed by atoms with Crippen LogP contribution in [0, 0.1) is 6.92 Å². The number of hydrogen-bond acceptors (Lipinski definition) is 3. The van der Waals surface area contributed by atoms with Gasteiger partial charge < -0.3 is 16.0 Å². The van der Waals surface area contributed by atoms with Crippen molar-refractivity contribution >= 4 is 11.6 Å². The molecule has 2 rings (SSSR count). The molecule has 0 unspecified atom stereocenters. The third kappa shape index (κ3) is 4.18. The number of aromatic nitrogens is 2. The predicted molar refractivity (Wildman–Crippen MR) is 89.1 cm³/mol. The van der Waals surface area contributed by atoms with Crippen LogP contribution in [0.3, 0.4) is 0 Å². The van der Waals surface area contributed by atoms with Crippen LogP contribution >= 0.6 is 0 Å². The minimum atomic E-state index is -0.189. The highest BCUT2D eigenvalue weighted by atomic mass is 16.1. The molecule has 6 nitrogen and oxygen atoms in total. The summed E-state index contributed by atoms with van der Waals surface area (Å²) < 4.78 is 0. The zero-order chi connectivity index (χ0) is 16.1. The van der Waals surface area contributed by atoms with Crippen molar-refractivity contribution in [3.63, 3.8) is 0 Å². The topological polar surface area (TPSA) is 96.2 Å². The monoisotopic (exact) mass is 299 g/mol. The summed E-state index contributed by atoms with van der Waals surface area (Å²) in [5, 5.41) is 3.03. The second kappa shape index (κ2) is 6.89. The number of nitrogens with zero attached hydrogens (tertiary/aromatic N) is 2. The van der Waals surface area contributed by atoms with Gasteiger partial charge in [-0.05, 0) is 30.5 Å². The molecule has 0 saturated carbocycles. The van der Waals surface area contributed by atoms with Gasteiger partial charge in [0.2, 0.25) is 0 Å². The third-order valence-electron chi connectivity index (χ3n) is 3.25. The van der Waals surface area contributed by atoms with Gasteiger partial charge in [0, 0.05) is 11.9 Å². The average molecular weight is 299 g/mol. The number of anilines is 1. The highest BCUT2D eigenvalue weighted by molar-refractivity contribution is 5.92. The minimum absolute atomic E-state index is 0.186. The molecule has 22 heavy (non-hydrogen) atoms. The molecule has 0 spiro atoms. The van der Waals surface area contributed by atoms with E-state index in [9.17, 15) is 4.79 Å². The van der Waals surface area contributed by atoms with E-state index in [-0.39, 0.29) is 18.1 Å². The van der Waals surface area contributed by atoms with Crippen molar-refractivity contribution in [2.75, 3.05) is 5.32 Å². The van der Waals surface area contributed by atoms with E-state index in [0.717, 1.165) is 5.69 Å². The molecule has 0 atom stereocenters. The molecule has 0 radical (unpaired) electrons. The van der Waals surface area contributed by atoms with E-state index < -0.39 is 0 Å². The van der Waals surface area contributed by atoms with Crippen molar-refractivity contribution in [2.24, 2.45) is 10.7 Å². The van der Waals surface area contributed by atoms with Crippen LogP contribution in [0.4, 0.5) is 5.69 Å². The number of benzene rings is 1. The van der Waals surface area contributed by atoms with Gasteiger partial charge in [-0.25, -0.2) is 9.98 Å². The fraction of sp³-hybridized carbons (Fsp3) is 0.312. The molecule has 4 N–H and O–H groups in total. The van der Waals surface area contributed by atoms with Gasteiger partial charge >= 0.3 is 0 Å². The molecule has 1 aromatic carbocycles. The molecule has 1 heterocycles. The Labute approximate surface area is 129 Å². The first kappa shape index (κ1) is 15.8. The molecule has 0 saturated heterocycles. The largest absolute Gasteiger partial charge is 0.370 e. The van der Waals surface area contributed by atoms with Crippen LogP contribution in [0.1, 0.15) is 36.7 Å². The van der Waals surface area contributed by atoms with Crippen molar-refractivity contribution in [3.8, 4) is 0 Å². The van der Waals surface area contributed by atoms with Gasteiger partial charge in [-0.2, -0.15) is 0 Å². The number of guanidine groups is 1. The van der Waals surface area contributed by atoms with E-state index in [1.165, 1.54) is 11.8 Å². The molecule has 0 bridgehead atoms. The summed E-state index contributed by atoms with van der Waals surface area (Å²) in [6.07, 6.45) is 1.52. The summed E-state index contributed by atoms with van der Waals surface area (Å²) in [4.78, 5) is 22.6. The van der Waals surface area contributed by atoms with Crippen molar-refractivity contribution < 1.29 is 0 Å². The number of aromatic amines is 1. The highest BCUT2D eigenvalue weighted by Crippen LogP contribution is 2.18. The smallest absolute Gasteiger partial charge is 0.255 e. The summed E-state index contributed by atoms with van der Waals surface area (Å²) in [6, 6.07) is 8.00. The molecule has 116 valence electrons.